The number of rotatable bonds is 5. The molecule has 150 valence electrons. The highest BCUT2D eigenvalue weighted by Gasteiger charge is 2.23. The lowest BCUT2D eigenvalue weighted by Crippen LogP contribution is -2.22. The van der Waals surface area contributed by atoms with Crippen LogP contribution in [0.25, 0.3) is 11.1 Å². The van der Waals surface area contributed by atoms with Crippen LogP contribution in [0.15, 0.2) is 36.4 Å². The van der Waals surface area contributed by atoms with Gasteiger partial charge in [-0.05, 0) is 37.0 Å². The van der Waals surface area contributed by atoms with Crippen molar-refractivity contribution >= 4 is 0 Å². The van der Waals surface area contributed by atoms with E-state index in [1.165, 1.54) is 5.56 Å². The molecule has 1 aliphatic heterocycles. The summed E-state index contributed by atoms with van der Waals surface area (Å²) in [5.41, 5.74) is 3.43. The monoisotopic (exact) mass is 372 g/mol. The Morgan fingerprint density at radius 1 is 0.963 bits per heavy atom. The highest BCUT2D eigenvalue weighted by Crippen LogP contribution is 2.42. The van der Waals surface area contributed by atoms with E-state index in [1.807, 2.05) is 45.9 Å². The van der Waals surface area contributed by atoms with Crippen LogP contribution in [0.3, 0.4) is 0 Å². The lowest BCUT2D eigenvalue weighted by Gasteiger charge is -2.28. The minimum absolute atomic E-state index is 0.317. The number of methoxy groups -OCH3 is 2. The lowest BCUT2D eigenvalue weighted by molar-refractivity contribution is 0.164. The first-order valence-electron chi connectivity index (χ1n) is 10.3. The molecule has 0 saturated carbocycles. The largest absolute Gasteiger partial charge is 0.497 e. The highest BCUT2D eigenvalue weighted by molar-refractivity contribution is 5.78. The van der Waals surface area contributed by atoms with Crippen LogP contribution < -0.4 is 14.2 Å². The van der Waals surface area contributed by atoms with Gasteiger partial charge in [0.2, 0.25) is 0 Å². The van der Waals surface area contributed by atoms with E-state index in [2.05, 4.69) is 25.1 Å². The van der Waals surface area contributed by atoms with Crippen LogP contribution in [0.2, 0.25) is 0 Å². The summed E-state index contributed by atoms with van der Waals surface area (Å²) in [6.45, 7) is 10.2. The molecule has 1 aliphatic rings. The van der Waals surface area contributed by atoms with Crippen LogP contribution in [0.5, 0.6) is 17.2 Å². The Morgan fingerprint density at radius 3 is 2.33 bits per heavy atom. The predicted molar refractivity (Wildman–Crippen MR) is 115 cm³/mol. The fourth-order valence-electron chi connectivity index (χ4n) is 3.22. The Morgan fingerprint density at radius 2 is 1.70 bits per heavy atom. The highest BCUT2D eigenvalue weighted by atomic mass is 16.5. The van der Waals surface area contributed by atoms with E-state index in [0.29, 0.717) is 6.10 Å². The fraction of sp³-hybridized carbons (Fsp3) is 0.500. The van der Waals surface area contributed by atoms with Crippen molar-refractivity contribution in [2.24, 2.45) is 0 Å². The van der Waals surface area contributed by atoms with Gasteiger partial charge in [0.1, 0.15) is 17.2 Å². The second-order valence-electron chi connectivity index (χ2n) is 5.93. The quantitative estimate of drug-likeness (QED) is 0.570. The van der Waals surface area contributed by atoms with Gasteiger partial charge in [-0.3, -0.25) is 0 Å². The van der Waals surface area contributed by atoms with E-state index in [0.717, 1.165) is 54.1 Å². The van der Waals surface area contributed by atoms with Crippen molar-refractivity contribution in [2.75, 3.05) is 14.2 Å². The zero-order valence-electron chi connectivity index (χ0n) is 18.1. The maximum Gasteiger partial charge on any atom is 0.130 e. The average Bonchev–Trinajstić information content (AvgIpc) is 2.76. The summed E-state index contributed by atoms with van der Waals surface area (Å²) in [5, 5.41) is 0. The van der Waals surface area contributed by atoms with Crippen LogP contribution in [0.4, 0.5) is 0 Å². The molecule has 0 fully saturated rings. The SMILES string of the molecule is CC.CC.CCCC1CCc2cccc(-c3ccc(OC)cc3OC)c2O1. The van der Waals surface area contributed by atoms with Gasteiger partial charge in [0, 0.05) is 17.2 Å². The van der Waals surface area contributed by atoms with Crippen molar-refractivity contribution in [2.45, 2.75) is 66.4 Å². The standard InChI is InChI=1S/C20H24O3.2C2H6/c1-4-6-15-10-9-14-7-5-8-18(20(14)23-15)17-12-11-16(21-2)13-19(17)22-3;2*1-2/h5,7-8,11-13,15H,4,6,9-10H2,1-3H3;2*1-2H3. The van der Waals surface area contributed by atoms with Gasteiger partial charge >= 0.3 is 0 Å². The van der Waals surface area contributed by atoms with Gasteiger partial charge in [-0.2, -0.15) is 0 Å². The van der Waals surface area contributed by atoms with Gasteiger partial charge < -0.3 is 14.2 Å². The first kappa shape index (κ1) is 22.9. The number of fused-ring (bicyclic) bond motifs is 1. The Labute approximate surface area is 165 Å². The zero-order valence-corrected chi connectivity index (χ0v) is 18.1. The molecule has 0 aliphatic carbocycles. The molecule has 1 atom stereocenters. The van der Waals surface area contributed by atoms with Crippen LogP contribution >= 0.6 is 0 Å². The lowest BCUT2D eigenvalue weighted by atomic mass is 9.94. The molecule has 0 radical (unpaired) electrons. The Balaban J connectivity index is 0.000000855. The molecular formula is C24H36O3. The van der Waals surface area contributed by atoms with E-state index in [-0.39, 0.29) is 0 Å². The molecule has 2 aromatic carbocycles. The predicted octanol–water partition coefficient (Wildman–Crippen LogP) is 6.92. The maximum atomic E-state index is 6.33. The van der Waals surface area contributed by atoms with Gasteiger partial charge in [0.05, 0.1) is 20.3 Å². The summed E-state index contributed by atoms with van der Waals surface area (Å²) in [5.74, 6) is 2.61. The number of para-hydroxylation sites is 1. The number of hydrogen-bond acceptors (Lipinski definition) is 3. The second kappa shape index (κ2) is 12.3. The van der Waals surface area contributed by atoms with Crippen molar-refractivity contribution < 1.29 is 14.2 Å². The van der Waals surface area contributed by atoms with Crippen molar-refractivity contribution in [3.05, 3.63) is 42.0 Å². The van der Waals surface area contributed by atoms with Crippen LogP contribution in [0.1, 0.15) is 59.4 Å². The van der Waals surface area contributed by atoms with Crippen molar-refractivity contribution in [1.82, 2.24) is 0 Å². The third kappa shape index (κ3) is 5.66. The van der Waals surface area contributed by atoms with Gasteiger partial charge in [-0.25, -0.2) is 0 Å². The summed E-state index contributed by atoms with van der Waals surface area (Å²) in [6.07, 6.45) is 4.75. The van der Waals surface area contributed by atoms with Gasteiger partial charge in [0.25, 0.3) is 0 Å². The van der Waals surface area contributed by atoms with Crippen molar-refractivity contribution in [1.29, 1.82) is 0 Å². The smallest absolute Gasteiger partial charge is 0.130 e. The van der Waals surface area contributed by atoms with Crippen molar-refractivity contribution in [3.8, 4) is 28.4 Å². The van der Waals surface area contributed by atoms with Gasteiger partial charge in [0.15, 0.2) is 0 Å². The molecule has 0 N–H and O–H groups in total. The number of hydrogen-bond donors (Lipinski definition) is 0. The molecule has 3 heteroatoms. The minimum Gasteiger partial charge on any atom is -0.497 e. The summed E-state index contributed by atoms with van der Waals surface area (Å²) < 4.78 is 17.2. The molecule has 2 aromatic rings. The first-order chi connectivity index (χ1) is 13.3. The molecule has 0 spiro atoms. The van der Waals surface area contributed by atoms with E-state index in [9.17, 15) is 0 Å². The Bertz CT molecular complexity index is 679. The topological polar surface area (TPSA) is 27.7 Å². The molecule has 0 bridgehead atoms. The Hall–Kier alpha value is -2.16. The summed E-state index contributed by atoms with van der Waals surface area (Å²) >= 11 is 0. The van der Waals surface area contributed by atoms with Gasteiger partial charge in [-0.15, -0.1) is 0 Å². The number of benzene rings is 2. The molecule has 0 saturated heterocycles. The number of ether oxygens (including phenoxy) is 3. The molecule has 0 amide bonds. The normalized spacial score (nSPS) is 14.4. The molecular weight excluding hydrogens is 336 g/mol. The number of aryl methyl sites for hydroxylation is 1. The van der Waals surface area contributed by atoms with Crippen LogP contribution in [-0.2, 0) is 6.42 Å². The maximum absolute atomic E-state index is 6.33. The van der Waals surface area contributed by atoms with Crippen LogP contribution in [-0.4, -0.2) is 20.3 Å². The molecule has 27 heavy (non-hydrogen) atoms. The molecule has 3 nitrogen and oxygen atoms in total. The first-order valence-corrected chi connectivity index (χ1v) is 10.3. The summed E-state index contributed by atoms with van der Waals surface area (Å²) in [6, 6.07) is 12.3. The van der Waals surface area contributed by atoms with E-state index in [4.69, 9.17) is 14.2 Å². The fourth-order valence-corrected chi connectivity index (χ4v) is 3.22. The molecule has 0 aromatic heterocycles. The third-order valence-corrected chi connectivity index (χ3v) is 4.43. The average molecular weight is 373 g/mol. The van der Waals surface area contributed by atoms with E-state index >= 15 is 0 Å². The third-order valence-electron chi connectivity index (χ3n) is 4.43. The minimum atomic E-state index is 0.317. The zero-order chi connectivity index (χ0) is 20.2. The van der Waals surface area contributed by atoms with Crippen molar-refractivity contribution in [3.63, 3.8) is 0 Å². The molecule has 1 heterocycles. The summed E-state index contributed by atoms with van der Waals surface area (Å²) in [7, 11) is 3.35. The summed E-state index contributed by atoms with van der Waals surface area (Å²) in [4.78, 5) is 0. The molecule has 1 unspecified atom stereocenters. The van der Waals surface area contributed by atoms with E-state index in [1.54, 1.807) is 14.2 Å². The Kier molecular flexibility index (Phi) is 10.4. The molecule has 3 rings (SSSR count). The van der Waals surface area contributed by atoms with E-state index < -0.39 is 0 Å². The van der Waals surface area contributed by atoms with Gasteiger partial charge in [-0.1, -0.05) is 59.2 Å². The van der Waals surface area contributed by atoms with Crippen LogP contribution in [0, 0.1) is 0 Å². The second-order valence-corrected chi connectivity index (χ2v) is 5.93.